The zero-order chi connectivity index (χ0) is 10.2. The van der Waals surface area contributed by atoms with Crippen LogP contribution in [0.4, 0.5) is 4.39 Å². The van der Waals surface area contributed by atoms with E-state index in [-0.39, 0.29) is 5.97 Å². The summed E-state index contributed by atoms with van der Waals surface area (Å²) in [5, 5.41) is 0. The van der Waals surface area contributed by atoms with Crippen molar-refractivity contribution in [2.75, 3.05) is 7.11 Å². The molecule has 0 atom stereocenters. The van der Waals surface area contributed by atoms with Crippen LogP contribution in [0.25, 0.3) is 0 Å². The third kappa shape index (κ3) is 1.50. The molecule has 0 aromatic heterocycles. The molecule has 0 N–H and O–H groups in total. The summed E-state index contributed by atoms with van der Waals surface area (Å²) in [7, 11) is 1.33. The van der Waals surface area contributed by atoms with Gasteiger partial charge in [0, 0.05) is 0 Å². The molecule has 0 saturated heterocycles. The van der Waals surface area contributed by atoms with E-state index in [1.54, 1.807) is 24.3 Å². The highest BCUT2D eigenvalue weighted by Crippen LogP contribution is 2.49. The molecule has 2 rings (SSSR count). The number of ether oxygens (including phenoxy) is 1. The van der Waals surface area contributed by atoms with Crippen LogP contribution < -0.4 is 0 Å². The summed E-state index contributed by atoms with van der Waals surface area (Å²) in [5.41, 5.74) is -0.0140. The van der Waals surface area contributed by atoms with Gasteiger partial charge in [0.2, 0.25) is 0 Å². The third-order valence-electron chi connectivity index (χ3n) is 2.51. The maximum Gasteiger partial charge on any atom is 0.337 e. The van der Waals surface area contributed by atoms with E-state index in [1.807, 2.05) is 0 Å². The zero-order valence-electron chi connectivity index (χ0n) is 7.92. The molecule has 1 fully saturated rings. The van der Waals surface area contributed by atoms with Gasteiger partial charge in [0.1, 0.15) is 5.67 Å². The van der Waals surface area contributed by atoms with Crippen molar-refractivity contribution < 1.29 is 13.9 Å². The Morgan fingerprint density at radius 2 is 1.93 bits per heavy atom. The first-order valence-corrected chi connectivity index (χ1v) is 4.53. The van der Waals surface area contributed by atoms with E-state index in [2.05, 4.69) is 4.74 Å². The Morgan fingerprint density at radius 3 is 2.36 bits per heavy atom. The molecule has 1 aliphatic rings. The van der Waals surface area contributed by atoms with Crippen molar-refractivity contribution in [1.82, 2.24) is 0 Å². The monoisotopic (exact) mass is 194 g/mol. The van der Waals surface area contributed by atoms with E-state index in [0.717, 1.165) is 0 Å². The van der Waals surface area contributed by atoms with Crippen LogP contribution >= 0.6 is 0 Å². The quantitative estimate of drug-likeness (QED) is 0.676. The SMILES string of the molecule is COC(=O)c1ccc(C2(F)CC2)cc1. The first-order valence-electron chi connectivity index (χ1n) is 4.53. The van der Waals surface area contributed by atoms with Crippen molar-refractivity contribution in [2.24, 2.45) is 0 Å². The third-order valence-corrected chi connectivity index (χ3v) is 2.51. The largest absolute Gasteiger partial charge is 0.465 e. The minimum Gasteiger partial charge on any atom is -0.465 e. The topological polar surface area (TPSA) is 26.3 Å². The number of esters is 1. The first kappa shape index (κ1) is 9.19. The lowest BCUT2D eigenvalue weighted by Gasteiger charge is -2.05. The van der Waals surface area contributed by atoms with Gasteiger partial charge in [-0.25, -0.2) is 9.18 Å². The molecule has 0 aliphatic heterocycles. The predicted octanol–water partition coefficient (Wildman–Crippen LogP) is 2.43. The van der Waals surface area contributed by atoms with Gasteiger partial charge in [-0.2, -0.15) is 0 Å². The van der Waals surface area contributed by atoms with Gasteiger partial charge in [0.05, 0.1) is 12.7 Å². The summed E-state index contributed by atoms with van der Waals surface area (Å²) in [6.45, 7) is 0. The van der Waals surface area contributed by atoms with Gasteiger partial charge < -0.3 is 4.74 Å². The van der Waals surface area contributed by atoms with Crippen LogP contribution in [0.15, 0.2) is 24.3 Å². The van der Waals surface area contributed by atoms with Gasteiger partial charge in [0.25, 0.3) is 0 Å². The van der Waals surface area contributed by atoms with Crippen LogP contribution in [0.5, 0.6) is 0 Å². The minimum atomic E-state index is -1.13. The standard InChI is InChI=1S/C11H11FO2/c1-14-10(13)8-2-4-9(5-3-8)11(12)6-7-11/h2-5H,6-7H2,1H3. The number of methoxy groups -OCH3 is 1. The Hall–Kier alpha value is -1.38. The highest BCUT2D eigenvalue weighted by Gasteiger charge is 2.44. The second kappa shape index (κ2) is 3.08. The van der Waals surface area contributed by atoms with Crippen molar-refractivity contribution >= 4 is 5.97 Å². The van der Waals surface area contributed by atoms with E-state index in [4.69, 9.17) is 0 Å². The van der Waals surface area contributed by atoms with Gasteiger partial charge in [-0.15, -0.1) is 0 Å². The summed E-state index contributed by atoms with van der Waals surface area (Å²) in [6, 6.07) is 6.50. The molecule has 1 aromatic carbocycles. The molecule has 0 heterocycles. The van der Waals surface area contributed by atoms with Gasteiger partial charge in [0.15, 0.2) is 0 Å². The Kier molecular flexibility index (Phi) is 2.02. The Balaban J connectivity index is 2.22. The molecule has 1 aliphatic carbocycles. The summed E-state index contributed by atoms with van der Waals surface area (Å²) < 4.78 is 18.1. The molecule has 1 saturated carbocycles. The molecule has 74 valence electrons. The summed E-state index contributed by atoms with van der Waals surface area (Å²) >= 11 is 0. The van der Waals surface area contributed by atoms with Gasteiger partial charge in [-0.05, 0) is 30.5 Å². The average Bonchev–Trinajstić information content (AvgIpc) is 2.97. The maximum atomic E-state index is 13.5. The van der Waals surface area contributed by atoms with Crippen LogP contribution in [0.3, 0.4) is 0 Å². The van der Waals surface area contributed by atoms with E-state index < -0.39 is 5.67 Å². The predicted molar refractivity (Wildman–Crippen MR) is 49.8 cm³/mol. The van der Waals surface area contributed by atoms with Crippen LogP contribution in [-0.4, -0.2) is 13.1 Å². The Labute approximate surface area is 81.7 Å². The van der Waals surface area contributed by atoms with E-state index in [0.29, 0.717) is 24.0 Å². The van der Waals surface area contributed by atoms with Crippen molar-refractivity contribution in [1.29, 1.82) is 0 Å². The molecular weight excluding hydrogens is 183 g/mol. The van der Waals surface area contributed by atoms with Crippen LogP contribution in [0.2, 0.25) is 0 Å². The van der Waals surface area contributed by atoms with Crippen LogP contribution in [-0.2, 0) is 10.4 Å². The first-order chi connectivity index (χ1) is 6.65. The van der Waals surface area contributed by atoms with E-state index in [1.165, 1.54) is 7.11 Å². The van der Waals surface area contributed by atoms with Crippen molar-refractivity contribution in [3.8, 4) is 0 Å². The second-order valence-corrected chi connectivity index (χ2v) is 3.53. The summed E-state index contributed by atoms with van der Waals surface area (Å²) in [5.74, 6) is -0.389. The molecule has 3 heteroatoms. The lowest BCUT2D eigenvalue weighted by molar-refractivity contribution is 0.0600. The lowest BCUT2D eigenvalue weighted by atomic mass is 10.1. The number of rotatable bonds is 2. The second-order valence-electron chi connectivity index (χ2n) is 3.53. The fourth-order valence-electron chi connectivity index (χ4n) is 1.42. The van der Waals surface area contributed by atoms with Crippen molar-refractivity contribution in [3.05, 3.63) is 35.4 Å². The smallest absolute Gasteiger partial charge is 0.337 e. The van der Waals surface area contributed by atoms with E-state index in [9.17, 15) is 9.18 Å². The molecule has 0 radical (unpaired) electrons. The number of carbonyl (C=O) groups excluding carboxylic acids is 1. The maximum absolute atomic E-state index is 13.5. The van der Waals surface area contributed by atoms with Crippen LogP contribution in [0.1, 0.15) is 28.8 Å². The number of carbonyl (C=O) groups is 1. The highest BCUT2D eigenvalue weighted by atomic mass is 19.1. The molecule has 14 heavy (non-hydrogen) atoms. The fraction of sp³-hybridized carbons (Fsp3) is 0.364. The number of alkyl halides is 1. The Bertz CT molecular complexity index is 352. The van der Waals surface area contributed by atoms with Crippen LogP contribution in [0, 0.1) is 0 Å². The Morgan fingerprint density at radius 1 is 1.36 bits per heavy atom. The molecular formula is C11H11FO2. The summed E-state index contributed by atoms with van der Waals surface area (Å²) in [4.78, 5) is 11.1. The average molecular weight is 194 g/mol. The normalized spacial score (nSPS) is 17.6. The number of halogens is 1. The minimum absolute atomic E-state index is 0.389. The molecule has 0 spiro atoms. The molecule has 0 bridgehead atoms. The number of hydrogen-bond acceptors (Lipinski definition) is 2. The zero-order valence-corrected chi connectivity index (χ0v) is 7.92. The highest BCUT2D eigenvalue weighted by molar-refractivity contribution is 5.89. The molecule has 2 nitrogen and oxygen atoms in total. The summed E-state index contributed by atoms with van der Waals surface area (Å²) in [6.07, 6.45) is 1.18. The molecule has 1 aromatic rings. The van der Waals surface area contributed by atoms with Crippen molar-refractivity contribution in [2.45, 2.75) is 18.5 Å². The number of benzene rings is 1. The van der Waals surface area contributed by atoms with Crippen molar-refractivity contribution in [3.63, 3.8) is 0 Å². The number of hydrogen-bond donors (Lipinski definition) is 0. The molecule has 0 unspecified atom stereocenters. The van der Waals surface area contributed by atoms with E-state index >= 15 is 0 Å². The van der Waals surface area contributed by atoms with Gasteiger partial charge in [-0.1, -0.05) is 12.1 Å². The lowest BCUT2D eigenvalue weighted by Crippen LogP contribution is -2.03. The fourth-order valence-corrected chi connectivity index (χ4v) is 1.42. The van der Waals surface area contributed by atoms with Gasteiger partial charge >= 0.3 is 5.97 Å². The van der Waals surface area contributed by atoms with Gasteiger partial charge in [-0.3, -0.25) is 0 Å². The molecule has 0 amide bonds.